The van der Waals surface area contributed by atoms with E-state index in [1.807, 2.05) is 33.9 Å². The molecule has 1 atom stereocenters. The largest absolute Gasteiger partial charge is 0.342 e. The van der Waals surface area contributed by atoms with Gasteiger partial charge in [0.15, 0.2) is 0 Å². The Morgan fingerprint density at radius 1 is 1.21 bits per heavy atom. The SMILES string of the molecule is CCc1nccn1-c1cccc([C@@H]2CCCN(C(=O)Cc3ccc(F)cc3)C2)n1. The van der Waals surface area contributed by atoms with E-state index in [0.29, 0.717) is 13.0 Å². The summed E-state index contributed by atoms with van der Waals surface area (Å²) in [5, 5.41) is 0. The molecular weight excluding hydrogens is 367 g/mol. The Kier molecular flexibility index (Phi) is 5.69. The van der Waals surface area contributed by atoms with Gasteiger partial charge < -0.3 is 4.90 Å². The molecule has 1 saturated heterocycles. The molecule has 3 heterocycles. The van der Waals surface area contributed by atoms with Crippen LogP contribution in [0.3, 0.4) is 0 Å². The van der Waals surface area contributed by atoms with E-state index in [1.165, 1.54) is 12.1 Å². The highest BCUT2D eigenvalue weighted by Gasteiger charge is 2.26. The zero-order valence-electron chi connectivity index (χ0n) is 16.6. The van der Waals surface area contributed by atoms with E-state index in [2.05, 4.69) is 11.9 Å². The number of carbonyl (C=O) groups is 1. The number of amides is 1. The third-order valence-corrected chi connectivity index (χ3v) is 5.50. The number of nitrogens with zero attached hydrogens (tertiary/aromatic N) is 4. The summed E-state index contributed by atoms with van der Waals surface area (Å²) in [6.45, 7) is 3.51. The first kappa shape index (κ1) is 19.3. The van der Waals surface area contributed by atoms with Gasteiger partial charge in [-0.05, 0) is 42.7 Å². The van der Waals surface area contributed by atoms with Crippen LogP contribution in [-0.4, -0.2) is 38.4 Å². The van der Waals surface area contributed by atoms with Crippen LogP contribution in [0.1, 0.15) is 42.8 Å². The van der Waals surface area contributed by atoms with E-state index < -0.39 is 0 Å². The second-order valence-corrected chi connectivity index (χ2v) is 7.47. The number of imidazole rings is 1. The lowest BCUT2D eigenvalue weighted by Crippen LogP contribution is -2.40. The van der Waals surface area contributed by atoms with Crippen molar-refractivity contribution >= 4 is 5.91 Å². The van der Waals surface area contributed by atoms with Crippen molar-refractivity contribution in [2.24, 2.45) is 0 Å². The van der Waals surface area contributed by atoms with Crippen LogP contribution in [0.25, 0.3) is 5.82 Å². The van der Waals surface area contributed by atoms with Gasteiger partial charge in [0.1, 0.15) is 17.5 Å². The summed E-state index contributed by atoms with van der Waals surface area (Å²) in [6.07, 6.45) is 6.84. The summed E-state index contributed by atoms with van der Waals surface area (Å²) in [5.74, 6) is 1.87. The number of aryl methyl sites for hydroxylation is 1. The molecule has 0 radical (unpaired) electrons. The Morgan fingerprint density at radius 3 is 2.83 bits per heavy atom. The van der Waals surface area contributed by atoms with Gasteiger partial charge >= 0.3 is 0 Å². The van der Waals surface area contributed by atoms with Crippen molar-refractivity contribution in [1.82, 2.24) is 19.4 Å². The fourth-order valence-corrected chi connectivity index (χ4v) is 3.94. The number of aromatic nitrogens is 3. The molecule has 0 bridgehead atoms. The number of halogens is 1. The van der Waals surface area contributed by atoms with Gasteiger partial charge in [-0.1, -0.05) is 25.1 Å². The fourth-order valence-electron chi connectivity index (χ4n) is 3.94. The molecule has 6 heteroatoms. The van der Waals surface area contributed by atoms with E-state index in [-0.39, 0.29) is 17.6 Å². The molecule has 2 aromatic heterocycles. The topological polar surface area (TPSA) is 51.0 Å². The van der Waals surface area contributed by atoms with Crippen molar-refractivity contribution in [3.05, 3.63) is 77.8 Å². The van der Waals surface area contributed by atoms with Crippen LogP contribution in [0.4, 0.5) is 4.39 Å². The Labute approximate surface area is 170 Å². The second kappa shape index (κ2) is 8.55. The average molecular weight is 392 g/mol. The number of carbonyl (C=O) groups excluding carboxylic acids is 1. The molecule has 0 N–H and O–H groups in total. The maximum atomic E-state index is 13.1. The predicted octanol–water partition coefficient (Wildman–Crippen LogP) is 3.92. The zero-order chi connectivity index (χ0) is 20.2. The molecule has 4 rings (SSSR count). The minimum atomic E-state index is -0.283. The summed E-state index contributed by atoms with van der Waals surface area (Å²) in [7, 11) is 0. The monoisotopic (exact) mass is 392 g/mol. The third-order valence-electron chi connectivity index (χ3n) is 5.50. The second-order valence-electron chi connectivity index (χ2n) is 7.47. The first-order valence-corrected chi connectivity index (χ1v) is 10.2. The van der Waals surface area contributed by atoms with Crippen molar-refractivity contribution in [1.29, 1.82) is 0 Å². The quantitative estimate of drug-likeness (QED) is 0.661. The maximum Gasteiger partial charge on any atom is 0.227 e. The number of rotatable bonds is 5. The average Bonchev–Trinajstić information content (AvgIpc) is 3.24. The van der Waals surface area contributed by atoms with Gasteiger partial charge in [0.2, 0.25) is 5.91 Å². The van der Waals surface area contributed by atoms with Crippen molar-refractivity contribution in [3.8, 4) is 5.82 Å². The molecular formula is C23H25FN4O. The number of hydrogen-bond donors (Lipinski definition) is 0. The molecule has 29 heavy (non-hydrogen) atoms. The molecule has 3 aromatic rings. The van der Waals surface area contributed by atoms with Crippen LogP contribution in [0, 0.1) is 5.82 Å². The summed E-state index contributed by atoms with van der Waals surface area (Å²) in [4.78, 5) is 23.9. The number of benzene rings is 1. The molecule has 150 valence electrons. The number of likely N-dealkylation sites (tertiary alicyclic amines) is 1. The van der Waals surface area contributed by atoms with Gasteiger partial charge in [-0.25, -0.2) is 14.4 Å². The third kappa shape index (κ3) is 4.36. The van der Waals surface area contributed by atoms with E-state index in [4.69, 9.17) is 4.98 Å². The minimum Gasteiger partial charge on any atom is -0.342 e. The smallest absolute Gasteiger partial charge is 0.227 e. The Bertz CT molecular complexity index is 983. The van der Waals surface area contributed by atoms with Crippen molar-refractivity contribution in [2.45, 2.75) is 38.5 Å². The molecule has 1 amide bonds. The van der Waals surface area contributed by atoms with Crippen molar-refractivity contribution in [3.63, 3.8) is 0 Å². The predicted molar refractivity (Wildman–Crippen MR) is 109 cm³/mol. The first-order valence-electron chi connectivity index (χ1n) is 10.2. The normalized spacial score (nSPS) is 16.8. The highest BCUT2D eigenvalue weighted by Crippen LogP contribution is 2.27. The van der Waals surface area contributed by atoms with E-state index in [1.54, 1.807) is 18.3 Å². The molecule has 1 aromatic carbocycles. The van der Waals surface area contributed by atoms with Crippen molar-refractivity contribution in [2.75, 3.05) is 13.1 Å². The van der Waals surface area contributed by atoms with Crippen LogP contribution in [0.5, 0.6) is 0 Å². The Balaban J connectivity index is 1.47. The van der Waals surface area contributed by atoms with Gasteiger partial charge in [0.05, 0.1) is 6.42 Å². The number of pyridine rings is 1. The van der Waals surface area contributed by atoms with Crippen LogP contribution in [-0.2, 0) is 17.6 Å². The molecule has 1 aliphatic rings. The van der Waals surface area contributed by atoms with Crippen LogP contribution >= 0.6 is 0 Å². The lowest BCUT2D eigenvalue weighted by molar-refractivity contribution is -0.131. The molecule has 1 fully saturated rings. The Hall–Kier alpha value is -3.02. The van der Waals surface area contributed by atoms with Crippen LogP contribution in [0.15, 0.2) is 54.9 Å². The highest BCUT2D eigenvalue weighted by atomic mass is 19.1. The first-order chi connectivity index (χ1) is 14.1. The van der Waals surface area contributed by atoms with Gasteiger partial charge in [0.25, 0.3) is 0 Å². The molecule has 1 aliphatic heterocycles. The minimum absolute atomic E-state index is 0.0836. The number of hydrogen-bond acceptors (Lipinski definition) is 3. The summed E-state index contributed by atoms with van der Waals surface area (Å²) >= 11 is 0. The van der Waals surface area contributed by atoms with E-state index >= 15 is 0 Å². The highest BCUT2D eigenvalue weighted by molar-refractivity contribution is 5.79. The molecule has 5 nitrogen and oxygen atoms in total. The maximum absolute atomic E-state index is 13.1. The lowest BCUT2D eigenvalue weighted by atomic mass is 9.93. The standard InChI is InChI=1S/C23H25FN4O/c1-2-21-25-12-14-28(21)22-7-3-6-20(26-22)18-5-4-13-27(16-18)23(29)15-17-8-10-19(24)11-9-17/h3,6-12,14,18H,2,4-5,13,15-16H2,1H3/t18-/m1/s1. The van der Waals surface area contributed by atoms with E-state index in [0.717, 1.165) is 48.7 Å². The van der Waals surface area contributed by atoms with E-state index in [9.17, 15) is 9.18 Å². The summed E-state index contributed by atoms with van der Waals surface area (Å²) in [6, 6.07) is 12.2. The molecule has 0 saturated carbocycles. The molecule has 0 aliphatic carbocycles. The Morgan fingerprint density at radius 2 is 2.03 bits per heavy atom. The number of piperidine rings is 1. The van der Waals surface area contributed by atoms with Crippen LogP contribution < -0.4 is 0 Å². The van der Waals surface area contributed by atoms with Gasteiger partial charge in [0, 0.05) is 43.5 Å². The summed E-state index contributed by atoms with van der Waals surface area (Å²) in [5.41, 5.74) is 1.85. The molecule has 0 unspecified atom stereocenters. The lowest BCUT2D eigenvalue weighted by Gasteiger charge is -2.32. The molecule has 0 spiro atoms. The van der Waals surface area contributed by atoms with Gasteiger partial charge in [-0.3, -0.25) is 9.36 Å². The van der Waals surface area contributed by atoms with Crippen molar-refractivity contribution < 1.29 is 9.18 Å². The van der Waals surface area contributed by atoms with Gasteiger partial charge in [-0.15, -0.1) is 0 Å². The van der Waals surface area contributed by atoms with Crippen LogP contribution in [0.2, 0.25) is 0 Å². The fraction of sp³-hybridized carbons (Fsp3) is 0.348. The summed E-state index contributed by atoms with van der Waals surface area (Å²) < 4.78 is 15.1. The van der Waals surface area contributed by atoms with Gasteiger partial charge in [-0.2, -0.15) is 0 Å². The zero-order valence-corrected chi connectivity index (χ0v) is 16.6.